The van der Waals surface area contributed by atoms with Gasteiger partial charge in [-0.05, 0) is 12.1 Å². The molecule has 146 valence electrons. The second kappa shape index (κ2) is 7.71. The van der Waals surface area contributed by atoms with Crippen molar-refractivity contribution < 1.29 is 31.9 Å². The Balaban J connectivity index is 2.30. The highest BCUT2D eigenvalue weighted by molar-refractivity contribution is 7.85. The number of carbonyl (C=O) groups excluding carboxylic acids is 3. The van der Waals surface area contributed by atoms with Crippen LogP contribution >= 0.6 is 11.6 Å². The van der Waals surface area contributed by atoms with Crippen LogP contribution in [0.25, 0.3) is 0 Å². The first kappa shape index (κ1) is 20.9. The molecule has 1 aromatic rings. The average molecular weight is 419 g/mol. The van der Waals surface area contributed by atoms with Crippen LogP contribution in [-0.4, -0.2) is 61.7 Å². The zero-order chi connectivity index (χ0) is 20.5. The number of nitro groups is 1. The molecule has 0 spiro atoms. The molecule has 0 saturated carbocycles. The molecule has 1 heterocycles. The van der Waals surface area contributed by atoms with E-state index in [-0.39, 0.29) is 11.4 Å². The van der Waals surface area contributed by atoms with Crippen LogP contribution in [0.5, 0.6) is 0 Å². The largest absolute Gasteiger partial charge is 0.339 e. The summed E-state index contributed by atoms with van der Waals surface area (Å²) in [6, 6.07) is 2.41. The number of benzene rings is 1. The van der Waals surface area contributed by atoms with Crippen molar-refractivity contribution in [2.45, 2.75) is 12.5 Å². The van der Waals surface area contributed by atoms with Gasteiger partial charge in [0.15, 0.2) is 17.5 Å². The molecule has 0 aliphatic carbocycles. The van der Waals surface area contributed by atoms with Crippen LogP contribution in [0.1, 0.15) is 16.8 Å². The lowest BCUT2D eigenvalue weighted by atomic mass is 9.85. The maximum absolute atomic E-state index is 12.7. The number of rotatable bonds is 6. The van der Waals surface area contributed by atoms with E-state index in [2.05, 4.69) is 4.18 Å². The van der Waals surface area contributed by atoms with Crippen molar-refractivity contribution in [3.8, 4) is 0 Å². The van der Waals surface area contributed by atoms with Gasteiger partial charge in [0.2, 0.25) is 5.91 Å². The Morgan fingerprint density at radius 3 is 2.59 bits per heavy atom. The first-order chi connectivity index (χ1) is 12.4. The second-order valence-electron chi connectivity index (χ2n) is 5.98. The van der Waals surface area contributed by atoms with Crippen molar-refractivity contribution in [1.29, 1.82) is 0 Å². The second-order valence-corrected chi connectivity index (χ2v) is 8.06. The number of Topliss-reactive ketones (excluding diaryl/α,β-unsaturated/α-hetero) is 2. The van der Waals surface area contributed by atoms with E-state index in [0.29, 0.717) is 0 Å². The zero-order valence-electron chi connectivity index (χ0n) is 14.2. The fourth-order valence-electron chi connectivity index (χ4n) is 2.66. The Morgan fingerprint density at radius 2 is 2.04 bits per heavy atom. The molecular formula is C15H15ClN2O8S. The van der Waals surface area contributed by atoms with Crippen molar-refractivity contribution in [3.63, 3.8) is 0 Å². The van der Waals surface area contributed by atoms with Gasteiger partial charge in [0.1, 0.15) is 0 Å². The monoisotopic (exact) mass is 418 g/mol. The van der Waals surface area contributed by atoms with Crippen molar-refractivity contribution in [1.82, 2.24) is 4.90 Å². The summed E-state index contributed by atoms with van der Waals surface area (Å²) >= 11 is 5.70. The normalized spacial score (nSPS) is 20.6. The van der Waals surface area contributed by atoms with Crippen LogP contribution in [-0.2, 0) is 23.9 Å². The van der Waals surface area contributed by atoms with Crippen LogP contribution in [0, 0.1) is 16.0 Å². The zero-order valence-corrected chi connectivity index (χ0v) is 15.8. The summed E-state index contributed by atoms with van der Waals surface area (Å²) in [7, 11) is -2.48. The lowest BCUT2D eigenvalue weighted by molar-refractivity contribution is -0.385. The minimum atomic E-state index is -3.78. The number of ketones is 2. The average Bonchev–Trinajstić information content (AvgIpc) is 2.55. The van der Waals surface area contributed by atoms with Crippen LogP contribution in [0.4, 0.5) is 5.69 Å². The van der Waals surface area contributed by atoms with E-state index < -0.39 is 62.3 Å². The number of carbonyl (C=O) groups is 3. The molecule has 0 radical (unpaired) electrons. The number of amides is 1. The summed E-state index contributed by atoms with van der Waals surface area (Å²) in [5, 5.41) is 11.2. The van der Waals surface area contributed by atoms with Gasteiger partial charge in [-0.3, -0.25) is 28.7 Å². The van der Waals surface area contributed by atoms with Crippen LogP contribution in [0.2, 0.25) is 5.02 Å². The van der Waals surface area contributed by atoms with E-state index in [1.54, 1.807) is 0 Å². The first-order valence-electron chi connectivity index (χ1n) is 7.54. The number of halogens is 1. The molecule has 1 aliphatic heterocycles. The van der Waals surface area contributed by atoms with Crippen LogP contribution < -0.4 is 0 Å². The number of piperidine rings is 1. The molecule has 12 heteroatoms. The molecule has 0 bridgehead atoms. The summed E-state index contributed by atoms with van der Waals surface area (Å²) in [5.41, 5.74) is -1.02. The molecule has 10 nitrogen and oxygen atoms in total. The smallest absolute Gasteiger partial charge is 0.281 e. The minimum Gasteiger partial charge on any atom is -0.339 e. The highest BCUT2D eigenvalue weighted by Gasteiger charge is 2.45. The van der Waals surface area contributed by atoms with Gasteiger partial charge < -0.3 is 4.90 Å². The number of hydrogen-bond donors (Lipinski definition) is 0. The van der Waals surface area contributed by atoms with Crippen molar-refractivity contribution >= 4 is 44.9 Å². The van der Waals surface area contributed by atoms with E-state index in [4.69, 9.17) is 11.6 Å². The van der Waals surface area contributed by atoms with Crippen molar-refractivity contribution in [2.24, 2.45) is 5.92 Å². The number of likely N-dealkylation sites (N-methyl/N-ethyl adjacent to an activating group) is 1. The molecule has 1 amide bonds. The summed E-state index contributed by atoms with van der Waals surface area (Å²) in [4.78, 5) is 48.9. The van der Waals surface area contributed by atoms with E-state index in [1.165, 1.54) is 13.1 Å². The number of likely N-dealkylation sites (tertiary alicyclic amines) is 1. The Morgan fingerprint density at radius 1 is 1.41 bits per heavy atom. The molecule has 0 N–H and O–H groups in total. The predicted octanol–water partition coefficient (Wildman–Crippen LogP) is 0.823. The summed E-state index contributed by atoms with van der Waals surface area (Å²) in [5.74, 6) is -4.41. The standard InChI is InChI=1S/C15H15ClN2O8S/c1-17-9(7-26-27(2,24)25)6-12(19)13(15(17)21)14(20)10-4-3-8(16)5-11(10)18(22)23/h3-5,9,13H,6-7H2,1-2H3. The highest BCUT2D eigenvalue weighted by Crippen LogP contribution is 2.29. The first-order valence-corrected chi connectivity index (χ1v) is 9.73. The highest BCUT2D eigenvalue weighted by atomic mass is 35.5. The molecule has 27 heavy (non-hydrogen) atoms. The maximum Gasteiger partial charge on any atom is 0.281 e. The molecule has 0 aromatic heterocycles. The lowest BCUT2D eigenvalue weighted by Gasteiger charge is -2.34. The van der Waals surface area contributed by atoms with E-state index >= 15 is 0 Å². The SMILES string of the molecule is CN1C(=O)C(C(=O)c2ccc(Cl)cc2[N+](=O)[O-])C(=O)CC1COS(C)(=O)=O. The molecule has 2 unspecified atom stereocenters. The van der Waals surface area contributed by atoms with Gasteiger partial charge in [-0.1, -0.05) is 11.6 Å². The Kier molecular flexibility index (Phi) is 5.97. The molecule has 1 aliphatic rings. The maximum atomic E-state index is 12.7. The van der Waals surface area contributed by atoms with Gasteiger partial charge in [0.05, 0.1) is 29.4 Å². The van der Waals surface area contributed by atoms with Crippen LogP contribution in [0.3, 0.4) is 0 Å². The molecule has 1 saturated heterocycles. The Labute approximate surface area is 159 Å². The Bertz CT molecular complexity index is 930. The van der Waals surface area contributed by atoms with Gasteiger partial charge in [0, 0.05) is 24.6 Å². The fraction of sp³-hybridized carbons (Fsp3) is 0.400. The minimum absolute atomic E-state index is 0.0228. The quantitative estimate of drug-likeness (QED) is 0.217. The Hall–Kier alpha value is -2.37. The molecule has 2 atom stereocenters. The van der Waals surface area contributed by atoms with Crippen LogP contribution in [0.15, 0.2) is 18.2 Å². The predicted molar refractivity (Wildman–Crippen MR) is 92.9 cm³/mol. The van der Waals surface area contributed by atoms with Gasteiger partial charge in [-0.15, -0.1) is 0 Å². The summed E-state index contributed by atoms with van der Waals surface area (Å²) in [6.45, 7) is -0.436. The summed E-state index contributed by atoms with van der Waals surface area (Å²) < 4.78 is 26.8. The van der Waals surface area contributed by atoms with E-state index in [0.717, 1.165) is 23.3 Å². The molecule has 1 aromatic carbocycles. The van der Waals surface area contributed by atoms with Gasteiger partial charge in [-0.25, -0.2) is 0 Å². The number of hydrogen-bond acceptors (Lipinski definition) is 8. The van der Waals surface area contributed by atoms with Gasteiger partial charge in [0.25, 0.3) is 15.8 Å². The lowest BCUT2D eigenvalue weighted by Crippen LogP contribution is -2.54. The summed E-state index contributed by atoms with van der Waals surface area (Å²) in [6.07, 6.45) is 0.501. The third kappa shape index (κ3) is 4.67. The molecule has 2 rings (SSSR count). The fourth-order valence-corrected chi connectivity index (χ4v) is 3.23. The van der Waals surface area contributed by atoms with Gasteiger partial charge >= 0.3 is 0 Å². The van der Waals surface area contributed by atoms with Crippen molar-refractivity contribution in [2.75, 3.05) is 19.9 Å². The molecule has 1 fully saturated rings. The number of nitro benzene ring substituents is 1. The topological polar surface area (TPSA) is 141 Å². The third-order valence-electron chi connectivity index (χ3n) is 4.06. The van der Waals surface area contributed by atoms with Crippen molar-refractivity contribution in [3.05, 3.63) is 38.9 Å². The molecular weight excluding hydrogens is 404 g/mol. The third-order valence-corrected chi connectivity index (χ3v) is 4.86. The number of nitrogens with zero attached hydrogens (tertiary/aromatic N) is 2. The van der Waals surface area contributed by atoms with E-state index in [9.17, 15) is 32.9 Å². The van der Waals surface area contributed by atoms with E-state index in [1.807, 2.05) is 0 Å². The van der Waals surface area contributed by atoms with Gasteiger partial charge in [-0.2, -0.15) is 8.42 Å².